The minimum Gasteiger partial charge on any atom is -0.306 e. The first-order chi connectivity index (χ1) is 15.7. The van der Waals surface area contributed by atoms with Crippen LogP contribution in [-0.4, -0.2) is 37.3 Å². The van der Waals surface area contributed by atoms with Crippen LogP contribution < -0.4 is 5.32 Å². The Morgan fingerprint density at radius 2 is 2.06 bits per heavy atom. The molecule has 8 heteroatoms. The SMILES string of the molecule is Cc1ccc([C@@H]2CCON2C(=O)Nc2cccc(C#Cc3cnc4cccnn34)c2)cn1. The normalized spacial score (nSPS) is 15.4. The number of urea groups is 1. The Balaban J connectivity index is 1.32. The number of aryl methyl sites for hydroxylation is 1. The van der Waals surface area contributed by atoms with Gasteiger partial charge in [0.2, 0.25) is 0 Å². The fourth-order valence-electron chi connectivity index (χ4n) is 3.55. The summed E-state index contributed by atoms with van der Waals surface area (Å²) in [7, 11) is 0. The largest absolute Gasteiger partial charge is 0.346 e. The van der Waals surface area contributed by atoms with Crippen LogP contribution in [0.5, 0.6) is 0 Å². The standard InChI is InChI=1S/C24H20N6O2/c1-17-7-9-19(15-25-17)22-11-13-32-30(22)24(31)28-20-5-2-4-18(14-20)8-10-21-16-26-23-6-3-12-27-29(21)23/h2-7,9,12,14-16,22H,11,13H2,1H3,(H,28,31)/t22-/m0/s1. The number of benzene rings is 1. The molecule has 1 saturated heterocycles. The van der Waals surface area contributed by atoms with Gasteiger partial charge in [0.05, 0.1) is 18.8 Å². The van der Waals surface area contributed by atoms with E-state index in [1.165, 1.54) is 5.06 Å². The number of hydrogen-bond donors (Lipinski definition) is 1. The molecule has 1 aromatic carbocycles. The van der Waals surface area contributed by atoms with Crippen LogP contribution in [0.4, 0.5) is 10.5 Å². The molecule has 0 aliphatic carbocycles. The lowest BCUT2D eigenvalue weighted by Crippen LogP contribution is -2.33. The summed E-state index contributed by atoms with van der Waals surface area (Å²) >= 11 is 0. The van der Waals surface area contributed by atoms with Crippen molar-refractivity contribution in [1.29, 1.82) is 0 Å². The zero-order valence-electron chi connectivity index (χ0n) is 17.4. The summed E-state index contributed by atoms with van der Waals surface area (Å²) in [6, 6.07) is 14.5. The molecule has 5 rings (SSSR count). The Morgan fingerprint density at radius 1 is 1.12 bits per heavy atom. The number of rotatable bonds is 2. The first-order valence-electron chi connectivity index (χ1n) is 10.2. The highest BCUT2D eigenvalue weighted by atomic mass is 16.7. The average molecular weight is 424 g/mol. The van der Waals surface area contributed by atoms with Gasteiger partial charge in [-0.3, -0.25) is 9.82 Å². The van der Waals surface area contributed by atoms with Crippen molar-refractivity contribution in [2.45, 2.75) is 19.4 Å². The maximum Gasteiger partial charge on any atom is 0.346 e. The number of pyridine rings is 1. The molecular weight excluding hydrogens is 404 g/mol. The Bertz CT molecular complexity index is 1340. The van der Waals surface area contributed by atoms with Gasteiger partial charge in [-0.05, 0) is 54.8 Å². The highest BCUT2D eigenvalue weighted by Gasteiger charge is 2.32. The first kappa shape index (κ1) is 19.7. The zero-order valence-corrected chi connectivity index (χ0v) is 17.4. The van der Waals surface area contributed by atoms with Gasteiger partial charge in [0, 0.05) is 35.8 Å². The summed E-state index contributed by atoms with van der Waals surface area (Å²) < 4.78 is 1.68. The number of anilines is 1. The van der Waals surface area contributed by atoms with E-state index in [1.807, 2.05) is 55.5 Å². The van der Waals surface area contributed by atoms with Gasteiger partial charge in [0.1, 0.15) is 5.69 Å². The number of imidazole rings is 1. The molecule has 3 aromatic heterocycles. The fourth-order valence-corrected chi connectivity index (χ4v) is 3.55. The number of nitrogens with zero attached hydrogens (tertiary/aromatic N) is 5. The molecule has 1 aliphatic heterocycles. The quantitative estimate of drug-likeness (QED) is 0.496. The van der Waals surface area contributed by atoms with Gasteiger partial charge >= 0.3 is 6.03 Å². The highest BCUT2D eigenvalue weighted by molar-refractivity contribution is 5.89. The number of carbonyl (C=O) groups excluding carboxylic acids is 1. The van der Waals surface area contributed by atoms with Crippen molar-refractivity contribution in [1.82, 2.24) is 24.6 Å². The van der Waals surface area contributed by atoms with Crippen LogP contribution in [0.25, 0.3) is 5.65 Å². The Morgan fingerprint density at radius 3 is 2.94 bits per heavy atom. The number of amides is 2. The van der Waals surface area contributed by atoms with Gasteiger partial charge in [-0.25, -0.2) is 14.3 Å². The van der Waals surface area contributed by atoms with Crippen LogP contribution in [-0.2, 0) is 4.84 Å². The molecule has 0 radical (unpaired) electrons. The Hall–Kier alpha value is -4.22. The van der Waals surface area contributed by atoms with Crippen LogP contribution >= 0.6 is 0 Å². The number of hydrogen-bond acceptors (Lipinski definition) is 5. The van der Waals surface area contributed by atoms with Crippen molar-refractivity contribution in [3.8, 4) is 11.8 Å². The van der Waals surface area contributed by atoms with Gasteiger partial charge < -0.3 is 5.32 Å². The summed E-state index contributed by atoms with van der Waals surface area (Å²) in [6.07, 6.45) is 5.89. The second kappa shape index (κ2) is 8.49. The second-order valence-corrected chi connectivity index (χ2v) is 7.39. The van der Waals surface area contributed by atoms with E-state index in [-0.39, 0.29) is 12.1 Å². The minimum atomic E-state index is -0.329. The molecule has 0 saturated carbocycles. The molecule has 158 valence electrons. The van der Waals surface area contributed by atoms with Crippen LogP contribution in [0, 0.1) is 18.8 Å². The molecule has 1 N–H and O–H groups in total. The third-order valence-electron chi connectivity index (χ3n) is 5.15. The van der Waals surface area contributed by atoms with Gasteiger partial charge in [0.25, 0.3) is 0 Å². The molecule has 0 spiro atoms. The molecular formula is C24H20N6O2. The number of hydroxylamine groups is 2. The number of carbonyl (C=O) groups is 1. The fraction of sp³-hybridized carbons (Fsp3) is 0.167. The predicted octanol–water partition coefficient (Wildman–Crippen LogP) is 3.74. The molecule has 8 nitrogen and oxygen atoms in total. The van der Waals surface area contributed by atoms with Crippen molar-refractivity contribution in [3.05, 3.63) is 89.6 Å². The Labute approximate surface area is 184 Å². The smallest absolute Gasteiger partial charge is 0.306 e. The molecule has 2 amide bonds. The summed E-state index contributed by atoms with van der Waals surface area (Å²) in [6.45, 7) is 2.41. The Kier molecular flexibility index (Phi) is 5.24. The lowest BCUT2D eigenvalue weighted by Gasteiger charge is -2.23. The van der Waals surface area contributed by atoms with Crippen molar-refractivity contribution < 1.29 is 9.63 Å². The number of fused-ring (bicyclic) bond motifs is 1. The topological polar surface area (TPSA) is 84.6 Å². The van der Waals surface area contributed by atoms with Gasteiger partial charge in [-0.15, -0.1) is 0 Å². The summed E-state index contributed by atoms with van der Waals surface area (Å²) in [5.74, 6) is 6.19. The lowest BCUT2D eigenvalue weighted by atomic mass is 10.1. The van der Waals surface area contributed by atoms with Crippen molar-refractivity contribution >= 4 is 17.4 Å². The van der Waals surface area contributed by atoms with Crippen molar-refractivity contribution in [2.24, 2.45) is 0 Å². The molecule has 32 heavy (non-hydrogen) atoms. The van der Waals surface area contributed by atoms with Crippen molar-refractivity contribution in [3.63, 3.8) is 0 Å². The maximum absolute atomic E-state index is 12.9. The number of aromatic nitrogens is 4. The molecule has 1 aliphatic rings. The van der Waals surface area contributed by atoms with Crippen molar-refractivity contribution in [2.75, 3.05) is 11.9 Å². The van der Waals surface area contributed by atoms with Gasteiger partial charge in [0.15, 0.2) is 5.65 Å². The zero-order chi connectivity index (χ0) is 21.9. The minimum absolute atomic E-state index is 0.172. The molecule has 1 atom stereocenters. The van der Waals surface area contributed by atoms with Gasteiger partial charge in [-0.2, -0.15) is 10.2 Å². The summed E-state index contributed by atoms with van der Waals surface area (Å²) in [5.41, 5.74) is 4.70. The van der Waals surface area contributed by atoms with E-state index >= 15 is 0 Å². The molecule has 0 bridgehead atoms. The molecule has 1 fully saturated rings. The average Bonchev–Trinajstić information content (AvgIpc) is 3.46. The van der Waals surface area contributed by atoms with E-state index in [9.17, 15) is 4.79 Å². The summed E-state index contributed by atoms with van der Waals surface area (Å²) in [5, 5.41) is 8.55. The maximum atomic E-state index is 12.9. The molecule has 4 heterocycles. The van der Waals surface area contributed by atoms with E-state index in [2.05, 4.69) is 32.2 Å². The van der Waals surface area contributed by atoms with E-state index in [0.29, 0.717) is 18.0 Å². The van der Waals surface area contributed by atoms with Crippen LogP contribution in [0.15, 0.2) is 67.1 Å². The van der Waals surface area contributed by atoms with Crippen LogP contribution in [0.2, 0.25) is 0 Å². The first-order valence-corrected chi connectivity index (χ1v) is 10.2. The van der Waals surface area contributed by atoms with Gasteiger partial charge in [-0.1, -0.05) is 18.1 Å². The highest BCUT2D eigenvalue weighted by Crippen LogP contribution is 2.30. The third-order valence-corrected chi connectivity index (χ3v) is 5.15. The van der Waals surface area contributed by atoms with E-state index in [1.54, 1.807) is 23.1 Å². The third kappa shape index (κ3) is 4.02. The van der Waals surface area contributed by atoms with E-state index < -0.39 is 0 Å². The predicted molar refractivity (Wildman–Crippen MR) is 119 cm³/mol. The monoisotopic (exact) mass is 424 g/mol. The molecule has 0 unspecified atom stereocenters. The van der Waals surface area contributed by atoms with E-state index in [0.717, 1.165) is 28.9 Å². The summed E-state index contributed by atoms with van der Waals surface area (Å²) in [4.78, 5) is 27.1. The van der Waals surface area contributed by atoms with Crippen LogP contribution in [0.1, 0.15) is 35.0 Å². The molecule has 4 aromatic rings. The number of nitrogens with one attached hydrogen (secondary N) is 1. The second-order valence-electron chi connectivity index (χ2n) is 7.39. The van der Waals surface area contributed by atoms with E-state index in [4.69, 9.17) is 4.84 Å². The lowest BCUT2D eigenvalue weighted by molar-refractivity contribution is -0.0830. The van der Waals surface area contributed by atoms with Crippen LogP contribution in [0.3, 0.4) is 0 Å².